The zero-order valence-corrected chi connectivity index (χ0v) is 19.6. The lowest BCUT2D eigenvalue weighted by atomic mass is 10.1. The Hall–Kier alpha value is -3.02. The van der Waals surface area contributed by atoms with Gasteiger partial charge in [0.2, 0.25) is 0 Å². The van der Waals surface area contributed by atoms with Crippen molar-refractivity contribution in [1.29, 1.82) is 0 Å². The summed E-state index contributed by atoms with van der Waals surface area (Å²) in [6.07, 6.45) is 11.3. The number of nitrogens with one attached hydrogen (secondary N) is 1. The Morgan fingerprint density at radius 1 is 1.19 bits per heavy atom. The summed E-state index contributed by atoms with van der Waals surface area (Å²) < 4.78 is 0. The molecule has 0 atom stereocenters. The number of allylic oxidation sites excluding steroid dienone is 6. The van der Waals surface area contributed by atoms with E-state index in [9.17, 15) is 4.79 Å². The van der Waals surface area contributed by atoms with Gasteiger partial charge in [0, 0.05) is 34.1 Å². The van der Waals surface area contributed by atoms with Crippen LogP contribution in [0.25, 0.3) is 5.57 Å². The van der Waals surface area contributed by atoms with E-state index in [4.69, 9.17) is 5.73 Å². The number of hydrogen-bond donors (Lipinski definition) is 2. The summed E-state index contributed by atoms with van der Waals surface area (Å²) in [4.78, 5) is 17.0. The highest BCUT2D eigenvalue weighted by Crippen LogP contribution is 2.35. The molecule has 0 spiro atoms. The predicted molar refractivity (Wildman–Crippen MR) is 136 cm³/mol. The molecule has 2 aromatic rings. The highest BCUT2D eigenvalue weighted by atomic mass is 32.2. The third-order valence-electron chi connectivity index (χ3n) is 5.22. The van der Waals surface area contributed by atoms with Crippen LogP contribution in [0.4, 0.5) is 0 Å². The third-order valence-corrected chi connectivity index (χ3v) is 6.47. The number of rotatable bonds is 9. The Balaban J connectivity index is 1.61. The summed E-state index contributed by atoms with van der Waals surface area (Å²) >= 11 is 1.70. The second-order valence-corrected chi connectivity index (χ2v) is 8.80. The quantitative estimate of drug-likeness (QED) is 0.499. The van der Waals surface area contributed by atoms with Gasteiger partial charge in [0.15, 0.2) is 0 Å². The Kier molecular flexibility index (Phi) is 8.54. The van der Waals surface area contributed by atoms with Crippen molar-refractivity contribution in [3.8, 4) is 0 Å². The van der Waals surface area contributed by atoms with Crippen molar-refractivity contribution in [3.63, 3.8) is 0 Å². The fourth-order valence-corrected chi connectivity index (χ4v) is 4.53. The van der Waals surface area contributed by atoms with Crippen molar-refractivity contribution in [2.75, 3.05) is 19.8 Å². The largest absolute Gasteiger partial charge is 0.357 e. The highest BCUT2D eigenvalue weighted by molar-refractivity contribution is 7.99. The third kappa shape index (κ3) is 6.25. The van der Waals surface area contributed by atoms with Gasteiger partial charge in [-0.05, 0) is 73.4 Å². The van der Waals surface area contributed by atoms with Crippen molar-refractivity contribution < 1.29 is 4.79 Å². The van der Waals surface area contributed by atoms with E-state index < -0.39 is 0 Å². The molecular weight excluding hydrogens is 414 g/mol. The standard InChI is InChI=1S/C27H31N3OS/c1-20(2)24-12-8-9-13-26(24)32-25-15-14-22(18-21(25)3)27(31)29-16-17-30(19-28)23-10-6-4-5-7-11-23/h4,6-15,18H,1,5,16-17,19,28H2,2-3H3,(H,29,31). The molecule has 1 aliphatic rings. The molecule has 4 nitrogen and oxygen atoms in total. The first kappa shape index (κ1) is 23.6. The van der Waals surface area contributed by atoms with Crippen LogP contribution in [0.3, 0.4) is 0 Å². The van der Waals surface area contributed by atoms with Crippen LogP contribution in [0, 0.1) is 6.92 Å². The van der Waals surface area contributed by atoms with Gasteiger partial charge >= 0.3 is 0 Å². The summed E-state index contributed by atoms with van der Waals surface area (Å²) in [7, 11) is 0. The first-order valence-electron chi connectivity index (χ1n) is 10.8. The van der Waals surface area contributed by atoms with Crippen molar-refractivity contribution >= 4 is 23.2 Å². The van der Waals surface area contributed by atoms with Gasteiger partial charge in [-0.1, -0.05) is 54.8 Å². The number of amides is 1. The molecule has 2 aromatic carbocycles. The van der Waals surface area contributed by atoms with E-state index in [0.29, 0.717) is 25.3 Å². The van der Waals surface area contributed by atoms with Gasteiger partial charge in [0.05, 0.1) is 6.67 Å². The van der Waals surface area contributed by atoms with Crippen LogP contribution in [0.5, 0.6) is 0 Å². The van der Waals surface area contributed by atoms with E-state index in [1.165, 1.54) is 4.90 Å². The summed E-state index contributed by atoms with van der Waals surface area (Å²) in [5, 5.41) is 3.02. The molecule has 1 aliphatic carbocycles. The molecular formula is C27H31N3OS. The fourth-order valence-electron chi connectivity index (χ4n) is 3.44. The second kappa shape index (κ2) is 11.6. The molecule has 0 radical (unpaired) electrons. The predicted octanol–water partition coefficient (Wildman–Crippen LogP) is 5.53. The summed E-state index contributed by atoms with van der Waals surface area (Å²) in [6.45, 7) is 9.71. The van der Waals surface area contributed by atoms with Crippen molar-refractivity contribution in [3.05, 3.63) is 102 Å². The molecule has 0 bridgehead atoms. The van der Waals surface area contributed by atoms with E-state index in [2.05, 4.69) is 47.2 Å². The van der Waals surface area contributed by atoms with Crippen molar-refractivity contribution in [2.24, 2.45) is 5.73 Å². The molecule has 1 amide bonds. The smallest absolute Gasteiger partial charge is 0.251 e. The number of carbonyl (C=O) groups is 1. The zero-order valence-electron chi connectivity index (χ0n) is 18.8. The molecule has 0 fully saturated rings. The topological polar surface area (TPSA) is 58.4 Å². The van der Waals surface area contributed by atoms with Crippen LogP contribution in [0.2, 0.25) is 0 Å². The normalized spacial score (nSPS) is 12.8. The maximum atomic E-state index is 12.7. The Morgan fingerprint density at radius 2 is 2.00 bits per heavy atom. The van der Waals surface area contributed by atoms with E-state index in [1.54, 1.807) is 11.8 Å². The van der Waals surface area contributed by atoms with Gasteiger partial charge in [-0.15, -0.1) is 0 Å². The average Bonchev–Trinajstić information content (AvgIpc) is 3.07. The minimum absolute atomic E-state index is 0.0748. The monoisotopic (exact) mass is 445 g/mol. The number of nitrogens with zero attached hydrogens (tertiary/aromatic N) is 1. The minimum atomic E-state index is -0.0748. The lowest BCUT2D eigenvalue weighted by Gasteiger charge is -2.23. The number of aryl methyl sites for hydroxylation is 1. The van der Waals surface area contributed by atoms with E-state index in [-0.39, 0.29) is 5.91 Å². The van der Waals surface area contributed by atoms with Crippen LogP contribution in [0.1, 0.15) is 34.8 Å². The van der Waals surface area contributed by atoms with Gasteiger partial charge in [0.1, 0.15) is 0 Å². The van der Waals surface area contributed by atoms with Gasteiger partial charge in [-0.2, -0.15) is 0 Å². The number of hydrogen-bond acceptors (Lipinski definition) is 4. The first-order chi connectivity index (χ1) is 15.5. The zero-order chi connectivity index (χ0) is 22.9. The molecule has 0 aromatic heterocycles. The summed E-state index contributed by atoms with van der Waals surface area (Å²) in [6, 6.07) is 14.1. The van der Waals surface area contributed by atoms with E-state index >= 15 is 0 Å². The van der Waals surface area contributed by atoms with E-state index in [1.807, 2.05) is 56.3 Å². The number of carbonyl (C=O) groups excluding carboxylic acids is 1. The minimum Gasteiger partial charge on any atom is -0.357 e. The molecule has 0 unspecified atom stereocenters. The lowest BCUT2D eigenvalue weighted by molar-refractivity contribution is 0.0950. The van der Waals surface area contributed by atoms with Crippen LogP contribution in [0.15, 0.2) is 94.9 Å². The Bertz CT molecular complexity index is 1070. The van der Waals surface area contributed by atoms with Crippen molar-refractivity contribution in [1.82, 2.24) is 10.2 Å². The maximum Gasteiger partial charge on any atom is 0.251 e. The molecule has 3 rings (SSSR count). The second-order valence-electron chi connectivity index (χ2n) is 7.72. The fraction of sp³-hybridized carbons (Fsp3) is 0.222. The first-order valence-corrected chi connectivity index (χ1v) is 11.6. The average molecular weight is 446 g/mol. The van der Waals surface area contributed by atoms with Crippen LogP contribution >= 0.6 is 11.8 Å². The summed E-state index contributed by atoms with van der Waals surface area (Å²) in [5.41, 5.74) is 10.9. The van der Waals surface area contributed by atoms with Crippen LogP contribution in [-0.4, -0.2) is 30.6 Å². The number of benzene rings is 2. The molecule has 166 valence electrons. The Morgan fingerprint density at radius 3 is 2.75 bits per heavy atom. The maximum absolute atomic E-state index is 12.7. The molecule has 0 saturated heterocycles. The SMILES string of the molecule is C=C(C)c1ccccc1Sc1ccc(C(=O)NCCN(CN)C2=CC=CCC=C2)cc1C. The molecule has 32 heavy (non-hydrogen) atoms. The van der Waals surface area contributed by atoms with Gasteiger partial charge in [-0.3, -0.25) is 4.79 Å². The molecule has 0 saturated carbocycles. The molecule has 0 aliphatic heterocycles. The highest BCUT2D eigenvalue weighted by Gasteiger charge is 2.12. The van der Waals surface area contributed by atoms with Crippen LogP contribution in [-0.2, 0) is 0 Å². The van der Waals surface area contributed by atoms with Gasteiger partial charge < -0.3 is 16.0 Å². The summed E-state index contributed by atoms with van der Waals surface area (Å²) in [5.74, 6) is -0.0748. The Labute approximate surface area is 195 Å². The molecule has 3 N–H and O–H groups in total. The van der Waals surface area contributed by atoms with E-state index in [0.717, 1.165) is 33.7 Å². The molecule has 5 heteroatoms. The van der Waals surface area contributed by atoms with Gasteiger partial charge in [-0.25, -0.2) is 0 Å². The number of nitrogens with two attached hydrogens (primary N) is 1. The lowest BCUT2D eigenvalue weighted by Crippen LogP contribution is -2.37. The molecule has 0 heterocycles. The van der Waals surface area contributed by atoms with Crippen molar-refractivity contribution in [2.45, 2.75) is 30.1 Å². The van der Waals surface area contributed by atoms with Gasteiger partial charge in [0.25, 0.3) is 5.91 Å². The van der Waals surface area contributed by atoms with Crippen LogP contribution < -0.4 is 11.1 Å².